The van der Waals surface area contributed by atoms with E-state index < -0.39 is 23.8 Å². The van der Waals surface area contributed by atoms with E-state index in [0.717, 1.165) is 10.5 Å². The van der Waals surface area contributed by atoms with Crippen LogP contribution in [0.4, 0.5) is 10.5 Å². The molecule has 4 rings (SSSR count). The topological polar surface area (TPSA) is 122 Å². The molecule has 2 N–H and O–H groups in total. The van der Waals surface area contributed by atoms with Crippen molar-refractivity contribution in [2.75, 3.05) is 11.5 Å². The SMILES string of the molecule is CCOc1cc(/C=C2\C(=O)NC(=O)N(c3ccc(Cl)c(Cl)c3)C2=O)cc(Br)c1OCc1ccc(C(=O)O)cc1. The number of halogens is 3. The van der Waals surface area contributed by atoms with E-state index in [4.69, 9.17) is 37.8 Å². The zero-order chi connectivity index (χ0) is 28.3. The number of urea groups is 1. The Morgan fingerprint density at radius 1 is 1.03 bits per heavy atom. The first-order valence-electron chi connectivity index (χ1n) is 11.4. The van der Waals surface area contributed by atoms with E-state index in [0.29, 0.717) is 28.1 Å². The van der Waals surface area contributed by atoms with Crippen molar-refractivity contribution in [3.05, 3.63) is 91.4 Å². The number of imide groups is 2. The molecule has 200 valence electrons. The van der Waals surface area contributed by atoms with Gasteiger partial charge in [0, 0.05) is 0 Å². The van der Waals surface area contributed by atoms with Crippen LogP contribution in [0.5, 0.6) is 11.5 Å². The van der Waals surface area contributed by atoms with Crippen molar-refractivity contribution >= 4 is 74.7 Å². The molecule has 0 atom stereocenters. The lowest BCUT2D eigenvalue weighted by molar-refractivity contribution is -0.122. The molecule has 3 aromatic rings. The van der Waals surface area contributed by atoms with Crippen LogP contribution >= 0.6 is 39.1 Å². The number of hydrogen-bond acceptors (Lipinski definition) is 6. The van der Waals surface area contributed by atoms with Gasteiger partial charge < -0.3 is 14.6 Å². The summed E-state index contributed by atoms with van der Waals surface area (Å²) < 4.78 is 12.2. The number of ether oxygens (including phenoxy) is 2. The molecule has 1 fully saturated rings. The third-order valence-corrected chi connectivity index (χ3v) is 6.82. The van der Waals surface area contributed by atoms with Gasteiger partial charge in [-0.2, -0.15) is 0 Å². The summed E-state index contributed by atoms with van der Waals surface area (Å²) in [4.78, 5) is 50.2. The summed E-state index contributed by atoms with van der Waals surface area (Å²) in [5, 5.41) is 11.6. The molecule has 0 radical (unpaired) electrons. The summed E-state index contributed by atoms with van der Waals surface area (Å²) in [6.07, 6.45) is 1.33. The molecule has 0 unspecified atom stereocenters. The van der Waals surface area contributed by atoms with Crippen molar-refractivity contribution in [1.29, 1.82) is 0 Å². The fraction of sp³-hybridized carbons (Fsp3) is 0.111. The molecule has 39 heavy (non-hydrogen) atoms. The fourth-order valence-corrected chi connectivity index (χ4v) is 4.52. The number of carboxylic acid groups (broad SMARTS) is 1. The van der Waals surface area contributed by atoms with Gasteiger partial charge in [-0.3, -0.25) is 14.9 Å². The third kappa shape index (κ3) is 6.25. The largest absolute Gasteiger partial charge is 0.490 e. The highest BCUT2D eigenvalue weighted by Crippen LogP contribution is 2.38. The fourth-order valence-electron chi connectivity index (χ4n) is 3.66. The van der Waals surface area contributed by atoms with Gasteiger partial charge in [-0.05, 0) is 82.5 Å². The number of rotatable bonds is 8. The molecule has 0 saturated carbocycles. The number of carboxylic acids is 1. The van der Waals surface area contributed by atoms with Crippen molar-refractivity contribution < 1.29 is 33.8 Å². The predicted octanol–water partition coefficient (Wildman–Crippen LogP) is 6.10. The Bertz CT molecular complexity index is 1520. The van der Waals surface area contributed by atoms with Gasteiger partial charge in [0.05, 0.1) is 32.4 Å². The van der Waals surface area contributed by atoms with Gasteiger partial charge in [0.2, 0.25) is 0 Å². The van der Waals surface area contributed by atoms with E-state index in [1.807, 2.05) is 0 Å². The maximum atomic E-state index is 13.2. The van der Waals surface area contributed by atoms with E-state index in [2.05, 4.69) is 21.2 Å². The van der Waals surface area contributed by atoms with E-state index >= 15 is 0 Å². The van der Waals surface area contributed by atoms with Crippen molar-refractivity contribution in [1.82, 2.24) is 5.32 Å². The number of nitrogens with zero attached hydrogens (tertiary/aromatic N) is 1. The van der Waals surface area contributed by atoms with Gasteiger partial charge in [0.25, 0.3) is 11.8 Å². The molecule has 0 aromatic heterocycles. The van der Waals surface area contributed by atoms with E-state index in [-0.39, 0.29) is 33.5 Å². The Morgan fingerprint density at radius 2 is 1.74 bits per heavy atom. The number of amides is 4. The van der Waals surface area contributed by atoms with Gasteiger partial charge in [-0.1, -0.05) is 35.3 Å². The molecule has 1 saturated heterocycles. The Labute approximate surface area is 241 Å². The lowest BCUT2D eigenvalue weighted by Gasteiger charge is -2.26. The van der Waals surface area contributed by atoms with Gasteiger partial charge in [0.15, 0.2) is 11.5 Å². The second-order valence-electron chi connectivity index (χ2n) is 8.11. The lowest BCUT2D eigenvalue weighted by atomic mass is 10.1. The molecule has 1 heterocycles. The molecular formula is C27H19BrCl2N2O7. The first-order chi connectivity index (χ1) is 18.6. The van der Waals surface area contributed by atoms with Crippen molar-refractivity contribution in [3.63, 3.8) is 0 Å². The second kappa shape index (κ2) is 11.9. The summed E-state index contributed by atoms with van der Waals surface area (Å²) in [5.74, 6) is -2.03. The maximum Gasteiger partial charge on any atom is 0.335 e. The molecule has 1 aliphatic rings. The lowest BCUT2D eigenvalue weighted by Crippen LogP contribution is -2.54. The van der Waals surface area contributed by atoms with E-state index in [9.17, 15) is 19.2 Å². The van der Waals surface area contributed by atoms with E-state index in [1.165, 1.54) is 36.4 Å². The molecule has 3 aromatic carbocycles. The summed E-state index contributed by atoms with van der Waals surface area (Å²) in [6, 6.07) is 12.8. The predicted molar refractivity (Wildman–Crippen MR) is 149 cm³/mol. The van der Waals surface area contributed by atoms with Gasteiger partial charge in [0.1, 0.15) is 12.2 Å². The van der Waals surface area contributed by atoms with Crippen LogP contribution in [0.25, 0.3) is 6.08 Å². The van der Waals surface area contributed by atoms with Crippen LogP contribution in [-0.4, -0.2) is 35.5 Å². The normalized spacial score (nSPS) is 14.4. The van der Waals surface area contributed by atoms with Crippen LogP contribution in [0.2, 0.25) is 10.0 Å². The van der Waals surface area contributed by atoms with Crippen LogP contribution in [0.15, 0.2) is 64.6 Å². The van der Waals surface area contributed by atoms with Crippen LogP contribution in [-0.2, 0) is 16.2 Å². The van der Waals surface area contributed by atoms with Crippen molar-refractivity contribution in [3.8, 4) is 11.5 Å². The Kier molecular flexibility index (Phi) is 8.59. The number of hydrogen-bond donors (Lipinski definition) is 2. The minimum absolute atomic E-state index is 0.126. The molecule has 0 spiro atoms. The van der Waals surface area contributed by atoms with Crippen LogP contribution in [0.3, 0.4) is 0 Å². The van der Waals surface area contributed by atoms with Gasteiger partial charge in [-0.15, -0.1) is 0 Å². The molecule has 0 aliphatic carbocycles. The molecular weight excluding hydrogens is 615 g/mol. The molecule has 0 bridgehead atoms. The number of carbonyl (C=O) groups excluding carboxylic acids is 3. The Balaban J connectivity index is 1.63. The maximum absolute atomic E-state index is 13.2. The van der Waals surface area contributed by atoms with Crippen molar-refractivity contribution in [2.24, 2.45) is 0 Å². The average molecular weight is 634 g/mol. The zero-order valence-electron chi connectivity index (χ0n) is 20.2. The highest BCUT2D eigenvalue weighted by molar-refractivity contribution is 9.10. The first-order valence-corrected chi connectivity index (χ1v) is 12.9. The number of anilines is 1. The minimum atomic E-state index is -1.02. The van der Waals surface area contributed by atoms with Crippen molar-refractivity contribution in [2.45, 2.75) is 13.5 Å². The average Bonchev–Trinajstić information content (AvgIpc) is 2.88. The number of carbonyl (C=O) groups is 4. The van der Waals surface area contributed by atoms with Crippen LogP contribution < -0.4 is 19.7 Å². The summed E-state index contributed by atoms with van der Waals surface area (Å²) in [6.45, 7) is 2.21. The molecule has 9 nitrogen and oxygen atoms in total. The monoisotopic (exact) mass is 632 g/mol. The zero-order valence-corrected chi connectivity index (χ0v) is 23.3. The first kappa shape index (κ1) is 28.2. The van der Waals surface area contributed by atoms with Gasteiger partial charge >= 0.3 is 12.0 Å². The Hall–Kier alpha value is -3.86. The number of aromatic carboxylic acids is 1. The highest BCUT2D eigenvalue weighted by atomic mass is 79.9. The minimum Gasteiger partial charge on any atom is -0.490 e. The quantitative estimate of drug-likeness (QED) is 0.227. The third-order valence-electron chi connectivity index (χ3n) is 5.49. The molecule has 1 aliphatic heterocycles. The second-order valence-corrected chi connectivity index (χ2v) is 9.78. The highest BCUT2D eigenvalue weighted by Gasteiger charge is 2.37. The molecule has 4 amide bonds. The smallest absolute Gasteiger partial charge is 0.335 e. The van der Waals surface area contributed by atoms with Gasteiger partial charge in [-0.25, -0.2) is 14.5 Å². The number of barbiturate groups is 1. The van der Waals surface area contributed by atoms with Crippen LogP contribution in [0.1, 0.15) is 28.4 Å². The summed E-state index contributed by atoms with van der Waals surface area (Å²) in [5.41, 5.74) is 1.17. The van der Waals surface area contributed by atoms with Crippen LogP contribution in [0, 0.1) is 0 Å². The van der Waals surface area contributed by atoms with E-state index in [1.54, 1.807) is 31.2 Å². The summed E-state index contributed by atoms with van der Waals surface area (Å²) >= 11 is 15.4. The summed E-state index contributed by atoms with van der Waals surface area (Å²) in [7, 11) is 0. The molecule has 12 heteroatoms. The Morgan fingerprint density at radius 3 is 2.38 bits per heavy atom. The number of benzene rings is 3. The standard InChI is InChI=1S/C27H19BrCl2N2O7/c1-2-38-22-11-15(10-19(28)23(22)39-13-14-3-5-16(6-4-14)26(35)36)9-18-24(33)31-27(37)32(25(18)34)17-7-8-20(29)21(30)12-17/h3-12H,2,13H2,1H3,(H,35,36)(H,31,33,37)/b18-9+. The number of nitrogens with one attached hydrogen (secondary N) is 1.